The highest BCUT2D eigenvalue weighted by Crippen LogP contribution is 2.57. The highest BCUT2D eigenvalue weighted by atomic mass is 32.1. The van der Waals surface area contributed by atoms with Gasteiger partial charge in [-0.1, -0.05) is 35.9 Å². The number of carbonyl (C=O) groups is 4. The van der Waals surface area contributed by atoms with Crippen LogP contribution in [0.25, 0.3) is 11.2 Å². The summed E-state index contributed by atoms with van der Waals surface area (Å²) in [5, 5.41) is 61.0. The summed E-state index contributed by atoms with van der Waals surface area (Å²) in [7, 11) is 1.54. The van der Waals surface area contributed by atoms with Gasteiger partial charge in [-0.15, -0.1) is 5.10 Å². The second-order valence-electron chi connectivity index (χ2n) is 19.7. The lowest BCUT2D eigenvalue weighted by molar-refractivity contribution is -0.142. The Kier molecular flexibility index (Phi) is 20.2. The number of rotatable bonds is 31. The zero-order chi connectivity index (χ0) is 59.9. The number of nitrogen functional groups attached to an aromatic ring is 1. The van der Waals surface area contributed by atoms with Crippen molar-refractivity contribution in [3.8, 4) is 35.0 Å². The van der Waals surface area contributed by atoms with Crippen molar-refractivity contribution >= 4 is 63.8 Å². The summed E-state index contributed by atoms with van der Waals surface area (Å²) in [6, 6.07) is 20.2. The molecule has 1 spiro atoms. The number of fused-ring (bicyclic) bond motifs is 7. The molecule has 4 aromatic carbocycles. The van der Waals surface area contributed by atoms with Gasteiger partial charge in [-0.05, 0) is 85.1 Å². The van der Waals surface area contributed by atoms with Gasteiger partial charge < -0.3 is 80.6 Å². The molecule has 2 aliphatic rings. The van der Waals surface area contributed by atoms with E-state index in [2.05, 4.69) is 46.5 Å². The van der Waals surface area contributed by atoms with E-state index >= 15 is 0 Å². The van der Waals surface area contributed by atoms with Gasteiger partial charge in [0, 0.05) is 73.7 Å². The maximum absolute atomic E-state index is 13.3. The zero-order valence-corrected chi connectivity index (χ0v) is 47.1. The number of amides is 2. The Morgan fingerprint density at radius 1 is 0.776 bits per heavy atom. The molecule has 1 unspecified atom stereocenters. The summed E-state index contributed by atoms with van der Waals surface area (Å²) in [5.41, 5.74) is 9.99. The number of carbonyl (C=O) groups excluding carboxylic acids is 3. The summed E-state index contributed by atoms with van der Waals surface area (Å²) >= 11 is 5.54. The number of aromatic hydroxyl groups is 3. The number of hydrogen-bond acceptors (Lipinski definition) is 21. The van der Waals surface area contributed by atoms with Crippen LogP contribution in [0.4, 0.5) is 11.5 Å². The van der Waals surface area contributed by atoms with Crippen LogP contribution in [0.15, 0.2) is 85.1 Å². The number of benzene rings is 4. The standard InChI is InChI=1S/C57H64N12O15S/c1-78-22-27-82-54-64-50(58)49-51(65-54)69(56(77)63-49)32-35-8-6-34(7-9-35)31-60-47(72)16-17-48(73)62-44(52(74)75)5-3-2-4-37-33-68(67-66-37)19-21-80-24-26-81-25-23-79-20-18-59-55(85)61-36-10-13-40-43(28-36)57(84-53(40)76)41-14-11-38(70)29-45(41)83-46-30-39(71)12-15-42(46)57/h6-15,28-30,33,44,70-71H,2-5,16-27,31-32H2,1H3,(H,60,72)(H,62,73)(H,63,77)(H,74,75)(H2,58,64,65)(H2,59,61,85). The number of anilines is 2. The molecule has 5 heterocycles. The number of nitrogens with one attached hydrogen (secondary N) is 4. The normalized spacial score (nSPS) is 13.1. The number of nitrogens with two attached hydrogens (primary N) is 1. The number of esters is 1. The molecule has 0 saturated carbocycles. The van der Waals surface area contributed by atoms with Gasteiger partial charge in [-0.3, -0.25) is 14.2 Å². The number of carboxylic acids is 1. The van der Waals surface area contributed by atoms with E-state index in [4.69, 9.17) is 51.1 Å². The number of aromatic nitrogens is 7. The number of methoxy groups -OCH3 is 1. The van der Waals surface area contributed by atoms with E-state index in [0.717, 1.165) is 16.8 Å². The number of phenols is 2. The van der Waals surface area contributed by atoms with Gasteiger partial charge in [0.25, 0.3) is 6.01 Å². The van der Waals surface area contributed by atoms with Crippen LogP contribution in [-0.2, 0) is 69.7 Å². The van der Waals surface area contributed by atoms with E-state index in [-0.39, 0.29) is 91.2 Å². The average molecular weight is 1190 g/mol. The molecule has 2 amide bonds. The Balaban J connectivity index is 0.588. The fraction of sp³-hybridized carbons (Fsp3) is 0.368. The number of ether oxygens (including phenoxy) is 7. The van der Waals surface area contributed by atoms with Crippen molar-refractivity contribution < 1.29 is 72.8 Å². The van der Waals surface area contributed by atoms with E-state index in [1.165, 1.54) is 35.9 Å². The van der Waals surface area contributed by atoms with Crippen LogP contribution < -0.4 is 36.5 Å². The predicted octanol–water partition coefficient (Wildman–Crippen LogP) is 4.17. The van der Waals surface area contributed by atoms with Gasteiger partial charge in [0.2, 0.25) is 11.8 Å². The number of aliphatic carboxylic acids is 1. The zero-order valence-electron chi connectivity index (χ0n) is 46.3. The first-order valence-electron chi connectivity index (χ1n) is 27.3. The quantitative estimate of drug-likeness (QED) is 0.0167. The summed E-state index contributed by atoms with van der Waals surface area (Å²) in [6.45, 7) is 3.98. The molecule has 0 saturated heterocycles. The molecule has 0 fully saturated rings. The fourth-order valence-electron chi connectivity index (χ4n) is 9.51. The number of phenolic OH excluding ortho intramolecular Hbond substituents is 2. The molecule has 448 valence electrons. The van der Waals surface area contributed by atoms with E-state index in [1.54, 1.807) is 35.0 Å². The van der Waals surface area contributed by atoms with Gasteiger partial charge in [-0.25, -0.2) is 14.3 Å². The SMILES string of the molecule is COCCOc1nc(N)c2nc(O)n(Cc3ccc(CNC(=O)CCC(=O)NC(CCCCc4cn(CCOCCOCCOCCNC(=S)Nc5ccc6c(c5)C5(OC6=O)c6ccc(O)cc6Oc6cc(O)ccc65)nn4)C(=O)O)cc3)c2n1. The molecule has 85 heavy (non-hydrogen) atoms. The van der Waals surface area contributed by atoms with Crippen molar-refractivity contribution in [1.29, 1.82) is 0 Å². The van der Waals surface area contributed by atoms with Crippen molar-refractivity contribution in [2.75, 3.05) is 77.6 Å². The van der Waals surface area contributed by atoms with Crippen LogP contribution in [-0.4, -0.2) is 156 Å². The number of thiocarbonyl (C=S) groups is 1. The minimum atomic E-state index is -1.41. The second kappa shape index (κ2) is 28.4. The first-order chi connectivity index (χ1) is 41.2. The van der Waals surface area contributed by atoms with Crippen LogP contribution in [0.2, 0.25) is 0 Å². The lowest BCUT2D eigenvalue weighted by Crippen LogP contribution is -2.41. The third kappa shape index (κ3) is 15.3. The molecule has 0 aliphatic carbocycles. The van der Waals surface area contributed by atoms with Crippen LogP contribution in [0.5, 0.6) is 35.0 Å². The van der Waals surface area contributed by atoms with Gasteiger partial charge in [0.1, 0.15) is 35.6 Å². The summed E-state index contributed by atoms with van der Waals surface area (Å²) in [5.74, 6) is -2.08. The molecular formula is C57H64N12O15S. The molecule has 10 N–H and O–H groups in total. The molecule has 0 bridgehead atoms. The van der Waals surface area contributed by atoms with Gasteiger partial charge >= 0.3 is 17.9 Å². The highest BCUT2D eigenvalue weighted by Gasteiger charge is 2.54. The number of hydrogen-bond donors (Lipinski definition) is 9. The highest BCUT2D eigenvalue weighted by molar-refractivity contribution is 7.80. The lowest BCUT2D eigenvalue weighted by Gasteiger charge is -2.36. The summed E-state index contributed by atoms with van der Waals surface area (Å²) < 4.78 is 42.8. The Hall–Kier alpha value is -9.22. The van der Waals surface area contributed by atoms with Crippen LogP contribution in [0.3, 0.4) is 0 Å². The molecule has 1 atom stereocenters. The van der Waals surface area contributed by atoms with Gasteiger partial charge in [0.15, 0.2) is 27.7 Å². The third-order valence-electron chi connectivity index (χ3n) is 13.7. The van der Waals surface area contributed by atoms with E-state index in [9.17, 15) is 39.6 Å². The maximum atomic E-state index is 13.3. The average Bonchev–Trinajstić information content (AvgIpc) is 1.81. The Labute approximate surface area is 491 Å². The molecular weight excluding hydrogens is 1120 g/mol. The van der Waals surface area contributed by atoms with Crippen molar-refractivity contribution in [3.63, 3.8) is 0 Å². The summed E-state index contributed by atoms with van der Waals surface area (Å²) in [4.78, 5) is 63.1. The van der Waals surface area contributed by atoms with E-state index in [0.29, 0.717) is 117 Å². The van der Waals surface area contributed by atoms with Gasteiger partial charge in [-0.2, -0.15) is 15.0 Å². The number of aryl methyl sites for hydroxylation is 1. The molecule has 3 aromatic heterocycles. The fourth-order valence-corrected chi connectivity index (χ4v) is 9.73. The number of unbranched alkanes of at least 4 members (excludes halogenated alkanes) is 1. The van der Waals surface area contributed by atoms with E-state index in [1.807, 2.05) is 30.5 Å². The monoisotopic (exact) mass is 1190 g/mol. The Morgan fingerprint density at radius 2 is 1.47 bits per heavy atom. The minimum Gasteiger partial charge on any atom is -0.508 e. The van der Waals surface area contributed by atoms with Crippen LogP contribution in [0, 0.1) is 0 Å². The maximum Gasteiger partial charge on any atom is 0.340 e. The molecule has 0 radical (unpaired) electrons. The smallest absolute Gasteiger partial charge is 0.340 e. The Bertz CT molecular complexity index is 3470. The molecule has 28 heteroatoms. The lowest BCUT2D eigenvalue weighted by atomic mass is 9.77. The number of nitrogens with zero attached hydrogens (tertiary/aromatic N) is 7. The number of imidazole rings is 1. The molecule has 9 rings (SSSR count). The molecule has 27 nitrogen and oxygen atoms in total. The third-order valence-corrected chi connectivity index (χ3v) is 13.9. The second-order valence-corrected chi connectivity index (χ2v) is 20.1. The van der Waals surface area contributed by atoms with E-state index < -0.39 is 29.5 Å². The Morgan fingerprint density at radius 3 is 2.19 bits per heavy atom. The first-order valence-corrected chi connectivity index (χ1v) is 27.7. The van der Waals surface area contributed by atoms with Gasteiger partial charge in [0.05, 0.1) is 70.6 Å². The molecule has 7 aromatic rings. The van der Waals surface area contributed by atoms with Crippen molar-refractivity contribution in [1.82, 2.24) is 50.5 Å². The predicted molar refractivity (Wildman–Crippen MR) is 307 cm³/mol. The van der Waals surface area contributed by atoms with Crippen molar-refractivity contribution in [2.24, 2.45) is 0 Å². The van der Waals surface area contributed by atoms with Crippen molar-refractivity contribution in [2.45, 2.75) is 69.8 Å². The molecule has 2 aliphatic heterocycles. The first kappa shape index (κ1) is 60.4. The summed E-state index contributed by atoms with van der Waals surface area (Å²) in [6.07, 6.45) is 3.36. The van der Waals surface area contributed by atoms with Crippen LogP contribution in [0.1, 0.15) is 76.0 Å². The largest absolute Gasteiger partial charge is 0.508 e. The topological polar surface area (TPSA) is 362 Å². The van der Waals surface area contributed by atoms with Crippen molar-refractivity contribution in [3.05, 3.63) is 124 Å². The van der Waals surface area contributed by atoms with Crippen LogP contribution >= 0.6 is 12.2 Å². The minimum absolute atomic E-state index is 0.0241. The number of carboxylic acid groups (broad SMARTS) is 1.